The zero-order chi connectivity index (χ0) is 16.3. The number of carbonyl (C=O) groups is 1. The normalized spacial score (nSPS) is 23.7. The third-order valence-electron chi connectivity index (χ3n) is 4.59. The van der Waals surface area contributed by atoms with Crippen molar-refractivity contribution in [3.8, 4) is 11.1 Å². The smallest absolute Gasteiger partial charge is 0.228 e. The summed E-state index contributed by atoms with van der Waals surface area (Å²) in [6.07, 6.45) is 1.68. The van der Waals surface area contributed by atoms with E-state index < -0.39 is 5.41 Å². The molecular formula is C20H23NO2. The predicted molar refractivity (Wildman–Crippen MR) is 92.1 cm³/mol. The predicted octanol–water partition coefficient (Wildman–Crippen LogP) is 3.44. The Morgan fingerprint density at radius 2 is 1.74 bits per heavy atom. The molecule has 3 heteroatoms. The van der Waals surface area contributed by atoms with Crippen LogP contribution in [0.2, 0.25) is 0 Å². The molecule has 1 amide bonds. The Kier molecular flexibility index (Phi) is 4.49. The molecule has 0 saturated carbocycles. The summed E-state index contributed by atoms with van der Waals surface area (Å²) in [6, 6.07) is 19.1. The van der Waals surface area contributed by atoms with Gasteiger partial charge in [-0.25, -0.2) is 0 Å². The first-order valence-electron chi connectivity index (χ1n) is 8.05. The third-order valence-corrected chi connectivity index (χ3v) is 4.59. The molecule has 0 unspecified atom stereocenters. The lowest BCUT2D eigenvalue weighted by Crippen LogP contribution is -2.33. The number of hydrogen-bond donors (Lipinski definition) is 1. The van der Waals surface area contributed by atoms with Gasteiger partial charge in [-0.1, -0.05) is 54.6 Å². The second-order valence-corrected chi connectivity index (χ2v) is 6.64. The summed E-state index contributed by atoms with van der Waals surface area (Å²) in [5.41, 5.74) is 3.29. The van der Waals surface area contributed by atoms with Crippen LogP contribution in [0, 0.1) is 5.41 Å². The summed E-state index contributed by atoms with van der Waals surface area (Å²) < 4.78 is 5.20. The van der Waals surface area contributed by atoms with Gasteiger partial charge in [-0.2, -0.15) is 0 Å². The van der Waals surface area contributed by atoms with Crippen molar-refractivity contribution in [1.29, 1.82) is 0 Å². The molecule has 0 bridgehead atoms. The fourth-order valence-corrected chi connectivity index (χ4v) is 3.36. The van der Waals surface area contributed by atoms with E-state index in [1.165, 1.54) is 16.7 Å². The summed E-state index contributed by atoms with van der Waals surface area (Å²) in [4.78, 5) is 12.1. The van der Waals surface area contributed by atoms with Crippen LogP contribution in [0.15, 0.2) is 54.6 Å². The average Bonchev–Trinajstić information content (AvgIpc) is 2.83. The highest BCUT2D eigenvalue weighted by molar-refractivity contribution is 5.85. The minimum absolute atomic E-state index is 0.102. The van der Waals surface area contributed by atoms with Crippen LogP contribution in [0.1, 0.15) is 18.9 Å². The van der Waals surface area contributed by atoms with E-state index in [1.54, 1.807) is 7.11 Å². The van der Waals surface area contributed by atoms with Gasteiger partial charge in [0.15, 0.2) is 0 Å². The second-order valence-electron chi connectivity index (χ2n) is 6.64. The summed E-state index contributed by atoms with van der Waals surface area (Å²) >= 11 is 0. The second kappa shape index (κ2) is 6.55. The largest absolute Gasteiger partial charge is 0.384 e. The number of methoxy groups -OCH3 is 1. The molecule has 0 aromatic heterocycles. The average molecular weight is 309 g/mol. The lowest BCUT2D eigenvalue weighted by Gasteiger charge is -2.19. The van der Waals surface area contributed by atoms with Crippen molar-refractivity contribution in [2.24, 2.45) is 5.41 Å². The molecule has 0 spiro atoms. The molecule has 0 aliphatic carbocycles. The maximum absolute atomic E-state index is 12.1. The van der Waals surface area contributed by atoms with E-state index in [0.29, 0.717) is 6.61 Å². The van der Waals surface area contributed by atoms with Gasteiger partial charge in [-0.3, -0.25) is 4.79 Å². The number of hydrogen-bond acceptors (Lipinski definition) is 2. The quantitative estimate of drug-likeness (QED) is 0.919. The molecule has 1 aliphatic heterocycles. The van der Waals surface area contributed by atoms with Crippen molar-refractivity contribution >= 4 is 5.91 Å². The van der Waals surface area contributed by atoms with E-state index in [1.807, 2.05) is 25.1 Å². The Labute approximate surface area is 137 Å². The molecule has 3 nitrogen and oxygen atoms in total. The van der Waals surface area contributed by atoms with Crippen LogP contribution in [-0.2, 0) is 16.0 Å². The summed E-state index contributed by atoms with van der Waals surface area (Å²) in [7, 11) is 1.65. The first-order chi connectivity index (χ1) is 11.1. The van der Waals surface area contributed by atoms with Crippen LogP contribution in [-0.4, -0.2) is 25.7 Å². The molecule has 2 atom stereocenters. The van der Waals surface area contributed by atoms with Crippen LogP contribution in [0.5, 0.6) is 0 Å². The van der Waals surface area contributed by atoms with Gasteiger partial charge < -0.3 is 10.1 Å². The van der Waals surface area contributed by atoms with Crippen molar-refractivity contribution in [2.45, 2.75) is 25.8 Å². The number of carbonyl (C=O) groups excluding carboxylic acids is 1. The molecule has 120 valence electrons. The zero-order valence-electron chi connectivity index (χ0n) is 13.7. The van der Waals surface area contributed by atoms with E-state index in [2.05, 4.69) is 41.7 Å². The first kappa shape index (κ1) is 15.8. The highest BCUT2D eigenvalue weighted by atomic mass is 16.5. The molecule has 1 N–H and O–H groups in total. The van der Waals surface area contributed by atoms with Gasteiger partial charge in [-0.15, -0.1) is 0 Å². The fourth-order valence-electron chi connectivity index (χ4n) is 3.36. The Hall–Kier alpha value is -2.13. The Balaban J connectivity index is 1.67. The van der Waals surface area contributed by atoms with Crippen LogP contribution in [0.4, 0.5) is 0 Å². The van der Waals surface area contributed by atoms with Crippen LogP contribution in [0.3, 0.4) is 0 Å². The molecule has 1 heterocycles. The Bertz CT molecular complexity index is 666. The van der Waals surface area contributed by atoms with Crippen LogP contribution in [0.25, 0.3) is 11.1 Å². The molecule has 2 aromatic rings. The van der Waals surface area contributed by atoms with Gasteiger partial charge in [0.2, 0.25) is 5.91 Å². The van der Waals surface area contributed by atoms with Gasteiger partial charge in [-0.05, 0) is 36.5 Å². The van der Waals surface area contributed by atoms with E-state index in [0.717, 1.165) is 12.8 Å². The monoisotopic (exact) mass is 309 g/mol. The number of ether oxygens (including phenoxy) is 1. The van der Waals surface area contributed by atoms with Crippen molar-refractivity contribution in [3.63, 3.8) is 0 Å². The van der Waals surface area contributed by atoms with Gasteiger partial charge in [0.1, 0.15) is 0 Å². The first-order valence-corrected chi connectivity index (χ1v) is 8.05. The summed E-state index contributed by atoms with van der Waals surface area (Å²) in [6.45, 7) is 2.45. The third kappa shape index (κ3) is 3.45. The van der Waals surface area contributed by atoms with Crippen molar-refractivity contribution in [2.75, 3.05) is 13.7 Å². The minimum Gasteiger partial charge on any atom is -0.384 e. The molecule has 3 rings (SSSR count). The highest BCUT2D eigenvalue weighted by Gasteiger charge is 2.42. The standard InChI is InChI=1S/C20H23NO2/c1-20(14-23-2)13-18(21-19(20)22)12-15-8-10-17(11-9-15)16-6-4-3-5-7-16/h3-11,18H,12-14H2,1-2H3,(H,21,22)/t18-,20+/m1/s1. The molecular weight excluding hydrogens is 286 g/mol. The van der Waals surface area contributed by atoms with E-state index in [-0.39, 0.29) is 11.9 Å². The zero-order valence-corrected chi connectivity index (χ0v) is 13.7. The Morgan fingerprint density at radius 3 is 2.39 bits per heavy atom. The van der Waals surface area contributed by atoms with E-state index in [4.69, 9.17) is 4.74 Å². The minimum atomic E-state index is -0.399. The summed E-state index contributed by atoms with van der Waals surface area (Å²) in [5.74, 6) is 0.102. The molecule has 1 saturated heterocycles. The molecule has 0 radical (unpaired) electrons. The van der Waals surface area contributed by atoms with E-state index in [9.17, 15) is 4.79 Å². The maximum atomic E-state index is 12.1. The topological polar surface area (TPSA) is 38.3 Å². The SMILES string of the molecule is COC[C@]1(C)C[C@@H](Cc2ccc(-c3ccccc3)cc2)NC1=O. The van der Waals surface area contributed by atoms with Crippen molar-refractivity contribution in [3.05, 3.63) is 60.2 Å². The lowest BCUT2D eigenvalue weighted by molar-refractivity contribution is -0.129. The van der Waals surface area contributed by atoms with Crippen molar-refractivity contribution in [1.82, 2.24) is 5.32 Å². The number of amides is 1. The molecule has 1 aliphatic rings. The van der Waals surface area contributed by atoms with Crippen LogP contribution < -0.4 is 5.32 Å². The van der Waals surface area contributed by atoms with Crippen LogP contribution >= 0.6 is 0 Å². The highest BCUT2D eigenvalue weighted by Crippen LogP contribution is 2.31. The van der Waals surface area contributed by atoms with Crippen molar-refractivity contribution < 1.29 is 9.53 Å². The molecule has 2 aromatic carbocycles. The van der Waals surface area contributed by atoms with Gasteiger partial charge in [0, 0.05) is 13.2 Å². The van der Waals surface area contributed by atoms with Gasteiger partial charge >= 0.3 is 0 Å². The van der Waals surface area contributed by atoms with Gasteiger partial charge in [0.05, 0.1) is 12.0 Å². The molecule has 1 fully saturated rings. The van der Waals surface area contributed by atoms with Gasteiger partial charge in [0.25, 0.3) is 0 Å². The summed E-state index contributed by atoms with van der Waals surface area (Å²) in [5, 5.41) is 3.11. The van der Waals surface area contributed by atoms with E-state index >= 15 is 0 Å². The number of rotatable bonds is 5. The molecule has 23 heavy (non-hydrogen) atoms. The fraction of sp³-hybridized carbons (Fsp3) is 0.350. The Morgan fingerprint density at radius 1 is 1.09 bits per heavy atom. The lowest BCUT2D eigenvalue weighted by atomic mass is 9.86. The number of benzene rings is 2. The maximum Gasteiger partial charge on any atom is 0.228 e. The number of nitrogens with one attached hydrogen (secondary N) is 1.